The number of para-hydroxylation sites is 3. The van der Waals surface area contributed by atoms with Gasteiger partial charge in [0.25, 0.3) is 11.1 Å². The summed E-state index contributed by atoms with van der Waals surface area (Å²) in [5.41, 5.74) is 0.725. The summed E-state index contributed by atoms with van der Waals surface area (Å²) in [4.78, 5) is 26.7. The number of ether oxygens (including phenoxy) is 3. The number of benzene rings is 3. The van der Waals surface area contributed by atoms with E-state index in [0.29, 0.717) is 29.6 Å². The third-order valence-electron chi connectivity index (χ3n) is 4.76. The normalized spacial score (nSPS) is 14.5. The average molecular weight is 462 g/mol. The van der Waals surface area contributed by atoms with Crippen molar-refractivity contribution in [2.45, 2.75) is 0 Å². The maximum absolute atomic E-state index is 12.8. The van der Waals surface area contributed by atoms with Gasteiger partial charge in [-0.05, 0) is 48.2 Å². The van der Waals surface area contributed by atoms with Crippen LogP contribution in [0, 0.1) is 0 Å². The average Bonchev–Trinajstić information content (AvgIpc) is 3.11. The predicted molar refractivity (Wildman–Crippen MR) is 128 cm³/mol. The first-order valence-electron chi connectivity index (χ1n) is 10.5. The molecule has 3 aromatic rings. The third-order valence-corrected chi connectivity index (χ3v) is 5.67. The minimum atomic E-state index is -0.330. The summed E-state index contributed by atoms with van der Waals surface area (Å²) < 4.78 is 17.1. The van der Waals surface area contributed by atoms with Crippen molar-refractivity contribution in [3.8, 4) is 17.2 Å². The molecule has 3 aromatic carbocycles. The number of thioether (sulfide) groups is 1. The Bertz CT molecular complexity index is 1120. The van der Waals surface area contributed by atoms with Gasteiger partial charge in [0.15, 0.2) is 0 Å². The lowest BCUT2D eigenvalue weighted by Crippen LogP contribution is -2.32. The quantitative estimate of drug-likeness (QED) is 0.303. The van der Waals surface area contributed by atoms with Gasteiger partial charge in [-0.1, -0.05) is 54.6 Å². The third kappa shape index (κ3) is 6.17. The Hall–Kier alpha value is -3.71. The minimum absolute atomic E-state index is 0.186. The molecule has 7 heteroatoms. The molecule has 6 nitrogen and oxygen atoms in total. The molecule has 0 saturated carbocycles. The van der Waals surface area contributed by atoms with Gasteiger partial charge in [-0.2, -0.15) is 0 Å². The van der Waals surface area contributed by atoms with E-state index in [1.165, 1.54) is 4.90 Å². The lowest BCUT2D eigenvalue weighted by atomic mass is 10.2. The number of rotatable bonds is 10. The van der Waals surface area contributed by atoms with Crippen LogP contribution >= 0.6 is 11.8 Å². The second kappa shape index (κ2) is 11.2. The second-order valence-electron chi connectivity index (χ2n) is 7.04. The van der Waals surface area contributed by atoms with Crippen molar-refractivity contribution >= 4 is 29.0 Å². The molecular formula is C26H23NO5S. The molecule has 33 heavy (non-hydrogen) atoms. The van der Waals surface area contributed by atoms with Crippen LogP contribution in [-0.4, -0.2) is 42.4 Å². The molecule has 0 bridgehead atoms. The van der Waals surface area contributed by atoms with Crippen LogP contribution in [0.1, 0.15) is 5.56 Å². The molecule has 2 amide bonds. The summed E-state index contributed by atoms with van der Waals surface area (Å²) in [6.07, 6.45) is 1.69. The predicted octanol–water partition coefficient (Wildman–Crippen LogP) is 5.26. The van der Waals surface area contributed by atoms with E-state index in [0.717, 1.165) is 23.1 Å². The van der Waals surface area contributed by atoms with E-state index in [9.17, 15) is 9.59 Å². The van der Waals surface area contributed by atoms with Crippen LogP contribution < -0.4 is 14.2 Å². The molecule has 1 aliphatic rings. The van der Waals surface area contributed by atoms with Gasteiger partial charge in [-0.25, -0.2) is 0 Å². The van der Waals surface area contributed by atoms with Crippen LogP contribution in [0.2, 0.25) is 0 Å². The highest BCUT2D eigenvalue weighted by molar-refractivity contribution is 8.18. The molecule has 0 aliphatic carbocycles. The molecule has 1 heterocycles. The monoisotopic (exact) mass is 461 g/mol. The Morgan fingerprint density at radius 2 is 1.27 bits per heavy atom. The van der Waals surface area contributed by atoms with Crippen molar-refractivity contribution in [2.24, 2.45) is 0 Å². The summed E-state index contributed by atoms with van der Waals surface area (Å²) in [6.45, 7) is 1.15. The molecule has 0 unspecified atom stereocenters. The fourth-order valence-electron chi connectivity index (χ4n) is 3.16. The number of nitrogens with zero attached hydrogens (tertiary/aromatic N) is 1. The van der Waals surface area contributed by atoms with Gasteiger partial charge < -0.3 is 14.2 Å². The lowest BCUT2D eigenvalue weighted by molar-refractivity contribution is -0.123. The SMILES string of the molecule is O=C1S/C(=C\c2ccccc2OCCOc2ccccc2)C(=O)N1CCOc1ccccc1. The standard InChI is InChI=1S/C26H23NO5S/c28-25-24(33-26(29)27(25)15-16-30-21-10-3-1-4-11-21)19-20-9-7-8-14-23(20)32-18-17-31-22-12-5-2-6-13-22/h1-14,19H,15-18H2/b24-19-. The van der Waals surface area contributed by atoms with Crippen LogP contribution in [0.4, 0.5) is 4.79 Å². The van der Waals surface area contributed by atoms with Gasteiger partial charge >= 0.3 is 0 Å². The zero-order chi connectivity index (χ0) is 22.9. The van der Waals surface area contributed by atoms with Crippen LogP contribution in [0.15, 0.2) is 89.8 Å². The molecule has 0 atom stereocenters. The Kier molecular flexibility index (Phi) is 7.66. The minimum Gasteiger partial charge on any atom is -0.492 e. The van der Waals surface area contributed by atoms with Gasteiger partial charge in [-0.3, -0.25) is 14.5 Å². The number of hydrogen-bond acceptors (Lipinski definition) is 6. The van der Waals surface area contributed by atoms with Crippen molar-refractivity contribution in [3.05, 3.63) is 95.4 Å². The summed E-state index contributed by atoms with van der Waals surface area (Å²) >= 11 is 0.920. The Morgan fingerprint density at radius 3 is 1.97 bits per heavy atom. The number of carbonyl (C=O) groups excluding carboxylic acids is 2. The zero-order valence-electron chi connectivity index (χ0n) is 17.9. The highest BCUT2D eigenvalue weighted by atomic mass is 32.2. The smallest absolute Gasteiger partial charge is 0.293 e. The molecule has 1 aliphatic heterocycles. The first-order chi connectivity index (χ1) is 16.2. The summed E-state index contributed by atoms with van der Waals surface area (Å²) in [5.74, 6) is 1.76. The topological polar surface area (TPSA) is 65.1 Å². The molecule has 0 aromatic heterocycles. The summed E-state index contributed by atoms with van der Waals surface area (Å²) in [6, 6.07) is 26.2. The van der Waals surface area contributed by atoms with Gasteiger partial charge in [0.05, 0.1) is 11.4 Å². The van der Waals surface area contributed by atoms with Gasteiger partial charge in [0, 0.05) is 5.56 Å². The molecule has 4 rings (SSSR count). The fourth-order valence-corrected chi connectivity index (χ4v) is 4.02. The van der Waals surface area contributed by atoms with E-state index in [1.807, 2.05) is 84.9 Å². The first-order valence-corrected chi connectivity index (χ1v) is 11.4. The molecule has 0 radical (unpaired) electrons. The van der Waals surface area contributed by atoms with E-state index < -0.39 is 0 Å². The Labute approximate surface area is 196 Å². The van der Waals surface area contributed by atoms with Gasteiger partial charge in [-0.15, -0.1) is 0 Å². The van der Waals surface area contributed by atoms with Crippen LogP contribution in [-0.2, 0) is 4.79 Å². The van der Waals surface area contributed by atoms with Crippen molar-refractivity contribution in [1.29, 1.82) is 0 Å². The van der Waals surface area contributed by atoms with E-state index in [2.05, 4.69) is 0 Å². The van der Waals surface area contributed by atoms with E-state index in [4.69, 9.17) is 14.2 Å². The first kappa shape index (κ1) is 22.5. The van der Waals surface area contributed by atoms with Gasteiger partial charge in [0.2, 0.25) is 0 Å². The number of amides is 2. The maximum atomic E-state index is 12.8. The van der Waals surface area contributed by atoms with Crippen LogP contribution in [0.3, 0.4) is 0 Å². The van der Waals surface area contributed by atoms with Crippen molar-refractivity contribution in [2.75, 3.05) is 26.4 Å². The second-order valence-corrected chi connectivity index (χ2v) is 8.04. The molecule has 0 spiro atoms. The number of imide groups is 1. The van der Waals surface area contributed by atoms with E-state index in [-0.39, 0.29) is 24.3 Å². The Balaban J connectivity index is 1.34. The maximum Gasteiger partial charge on any atom is 0.293 e. The molecule has 1 saturated heterocycles. The van der Waals surface area contributed by atoms with Crippen molar-refractivity contribution in [3.63, 3.8) is 0 Å². The molecule has 0 N–H and O–H groups in total. The molecule has 168 valence electrons. The van der Waals surface area contributed by atoms with E-state index >= 15 is 0 Å². The van der Waals surface area contributed by atoms with Gasteiger partial charge in [0.1, 0.15) is 37.1 Å². The van der Waals surface area contributed by atoms with Crippen LogP contribution in [0.25, 0.3) is 6.08 Å². The number of carbonyl (C=O) groups is 2. The lowest BCUT2D eigenvalue weighted by Gasteiger charge is -2.13. The summed E-state index contributed by atoms with van der Waals surface area (Å²) in [7, 11) is 0. The highest BCUT2D eigenvalue weighted by Gasteiger charge is 2.35. The highest BCUT2D eigenvalue weighted by Crippen LogP contribution is 2.33. The zero-order valence-corrected chi connectivity index (χ0v) is 18.7. The summed E-state index contributed by atoms with van der Waals surface area (Å²) in [5, 5.41) is -0.308. The van der Waals surface area contributed by atoms with E-state index in [1.54, 1.807) is 6.08 Å². The van der Waals surface area contributed by atoms with Crippen LogP contribution in [0.5, 0.6) is 17.2 Å². The molecular weight excluding hydrogens is 438 g/mol. The largest absolute Gasteiger partial charge is 0.492 e. The Morgan fingerprint density at radius 1 is 0.697 bits per heavy atom. The number of hydrogen-bond donors (Lipinski definition) is 0. The van der Waals surface area contributed by atoms with Crippen molar-refractivity contribution in [1.82, 2.24) is 4.90 Å². The fraction of sp³-hybridized carbons (Fsp3) is 0.154. The molecule has 1 fully saturated rings. The van der Waals surface area contributed by atoms with Crippen molar-refractivity contribution < 1.29 is 23.8 Å².